The number of nitrogens with one attached hydrogen (secondary N) is 1. The number of aromatic nitrogens is 1. The van der Waals surface area contributed by atoms with E-state index in [-0.39, 0.29) is 5.41 Å². The molecule has 0 spiro atoms. The molecule has 1 N–H and O–H groups in total. The van der Waals surface area contributed by atoms with Crippen molar-refractivity contribution in [3.63, 3.8) is 0 Å². The van der Waals surface area contributed by atoms with Gasteiger partial charge in [0.25, 0.3) is 0 Å². The number of ether oxygens (including phenoxy) is 1. The van der Waals surface area contributed by atoms with Crippen molar-refractivity contribution in [2.45, 2.75) is 38.7 Å². The van der Waals surface area contributed by atoms with Crippen molar-refractivity contribution in [2.75, 3.05) is 19.7 Å². The van der Waals surface area contributed by atoms with Gasteiger partial charge in [0.1, 0.15) is 0 Å². The molecule has 1 fully saturated rings. The van der Waals surface area contributed by atoms with E-state index in [2.05, 4.69) is 36.5 Å². The molecule has 2 rings (SSSR count). The first-order chi connectivity index (χ1) is 7.55. The van der Waals surface area contributed by atoms with Gasteiger partial charge in [-0.2, -0.15) is 0 Å². The number of thiazole rings is 1. The molecule has 3 nitrogen and oxygen atoms in total. The summed E-state index contributed by atoms with van der Waals surface area (Å²) in [7, 11) is 0. The lowest BCUT2D eigenvalue weighted by Crippen LogP contribution is -2.39. The second kappa shape index (κ2) is 4.82. The van der Waals surface area contributed by atoms with Gasteiger partial charge in [-0.25, -0.2) is 4.98 Å². The Balaban J connectivity index is 1.97. The largest absolute Gasteiger partial charge is 0.375 e. The molecule has 1 unspecified atom stereocenters. The van der Waals surface area contributed by atoms with Crippen LogP contribution in [0.5, 0.6) is 0 Å². The molecule has 16 heavy (non-hydrogen) atoms. The Labute approximate surface area is 101 Å². The minimum atomic E-state index is 0.153. The fraction of sp³-hybridized carbons (Fsp3) is 0.750. The zero-order chi connectivity index (χ0) is 11.6. The first kappa shape index (κ1) is 12.0. The third-order valence-electron chi connectivity index (χ3n) is 2.73. The van der Waals surface area contributed by atoms with Crippen LogP contribution in [-0.4, -0.2) is 30.8 Å². The topological polar surface area (TPSA) is 34.1 Å². The monoisotopic (exact) mass is 240 g/mol. The molecular weight excluding hydrogens is 220 g/mol. The van der Waals surface area contributed by atoms with Crippen molar-refractivity contribution in [2.24, 2.45) is 0 Å². The first-order valence-electron chi connectivity index (χ1n) is 5.83. The zero-order valence-electron chi connectivity index (χ0n) is 10.2. The molecule has 0 aromatic carbocycles. The molecule has 1 aliphatic rings. The minimum absolute atomic E-state index is 0.153. The van der Waals surface area contributed by atoms with Crippen LogP contribution in [-0.2, 0) is 16.6 Å². The van der Waals surface area contributed by atoms with Gasteiger partial charge >= 0.3 is 0 Å². The van der Waals surface area contributed by atoms with E-state index < -0.39 is 0 Å². The van der Waals surface area contributed by atoms with Crippen LogP contribution in [0, 0.1) is 0 Å². The lowest BCUT2D eigenvalue weighted by atomic mass is 9.93. The van der Waals surface area contributed by atoms with Crippen molar-refractivity contribution < 1.29 is 4.74 Å². The maximum absolute atomic E-state index is 5.68. The van der Waals surface area contributed by atoms with E-state index in [1.165, 1.54) is 10.7 Å². The van der Waals surface area contributed by atoms with Gasteiger partial charge in [-0.15, -0.1) is 11.3 Å². The molecule has 0 radical (unpaired) electrons. The van der Waals surface area contributed by atoms with Crippen LogP contribution in [0.4, 0.5) is 0 Å². The standard InChI is InChI=1S/C12H20N2OS/c1-12(2,3)10-8-16-11(14-10)6-9-7-13-4-5-15-9/h8-9,13H,4-7H2,1-3H3. The summed E-state index contributed by atoms with van der Waals surface area (Å²) in [6, 6.07) is 0. The SMILES string of the molecule is CC(C)(C)c1csc(CC2CNCCO2)n1. The van der Waals surface area contributed by atoms with Crippen LogP contribution in [0.3, 0.4) is 0 Å². The predicted octanol–water partition coefficient (Wildman–Crippen LogP) is 1.97. The lowest BCUT2D eigenvalue weighted by molar-refractivity contribution is 0.0292. The van der Waals surface area contributed by atoms with Crippen LogP contribution in [0.25, 0.3) is 0 Å². The molecule has 1 aromatic heterocycles. The molecule has 4 heteroatoms. The molecule has 1 aromatic rings. The van der Waals surface area contributed by atoms with Gasteiger partial charge in [-0.3, -0.25) is 0 Å². The van der Waals surface area contributed by atoms with Crippen LogP contribution in [0.15, 0.2) is 5.38 Å². The summed E-state index contributed by atoms with van der Waals surface area (Å²) < 4.78 is 5.68. The van der Waals surface area contributed by atoms with Crippen molar-refractivity contribution in [3.8, 4) is 0 Å². The van der Waals surface area contributed by atoms with Crippen LogP contribution in [0.2, 0.25) is 0 Å². The Bertz CT molecular complexity index is 337. The van der Waals surface area contributed by atoms with Gasteiger partial charge in [0.2, 0.25) is 0 Å². The van der Waals surface area contributed by atoms with Gasteiger partial charge in [-0.1, -0.05) is 20.8 Å². The molecule has 1 atom stereocenters. The van der Waals surface area contributed by atoms with E-state index >= 15 is 0 Å². The van der Waals surface area contributed by atoms with Crippen molar-refractivity contribution in [1.29, 1.82) is 0 Å². The summed E-state index contributed by atoms with van der Waals surface area (Å²) in [5.74, 6) is 0. The normalized spacial score (nSPS) is 22.3. The quantitative estimate of drug-likeness (QED) is 0.858. The highest BCUT2D eigenvalue weighted by Gasteiger charge is 2.20. The first-order valence-corrected chi connectivity index (χ1v) is 6.71. The molecule has 0 saturated carbocycles. The molecule has 1 saturated heterocycles. The van der Waals surface area contributed by atoms with Crippen molar-refractivity contribution in [3.05, 3.63) is 16.1 Å². The summed E-state index contributed by atoms with van der Waals surface area (Å²) in [5, 5.41) is 6.71. The van der Waals surface area contributed by atoms with E-state index in [4.69, 9.17) is 4.74 Å². The number of morpholine rings is 1. The molecule has 90 valence electrons. The van der Waals surface area contributed by atoms with E-state index in [0.29, 0.717) is 6.10 Å². The van der Waals surface area contributed by atoms with Gasteiger partial charge in [0.15, 0.2) is 0 Å². The Morgan fingerprint density at radius 3 is 2.94 bits per heavy atom. The number of hydrogen-bond donors (Lipinski definition) is 1. The van der Waals surface area contributed by atoms with Crippen LogP contribution >= 0.6 is 11.3 Å². The molecule has 1 aliphatic heterocycles. The minimum Gasteiger partial charge on any atom is -0.375 e. The van der Waals surface area contributed by atoms with Crippen molar-refractivity contribution >= 4 is 11.3 Å². The smallest absolute Gasteiger partial charge is 0.0954 e. The van der Waals surface area contributed by atoms with E-state index in [0.717, 1.165) is 26.1 Å². The van der Waals surface area contributed by atoms with Crippen LogP contribution in [0.1, 0.15) is 31.5 Å². The number of rotatable bonds is 2. The average molecular weight is 240 g/mol. The Morgan fingerprint density at radius 2 is 2.38 bits per heavy atom. The molecular formula is C12H20N2OS. The van der Waals surface area contributed by atoms with E-state index in [9.17, 15) is 0 Å². The molecule has 0 aliphatic carbocycles. The Morgan fingerprint density at radius 1 is 1.56 bits per heavy atom. The highest BCUT2D eigenvalue weighted by molar-refractivity contribution is 7.09. The van der Waals surface area contributed by atoms with Gasteiger partial charge in [0, 0.05) is 30.3 Å². The highest BCUT2D eigenvalue weighted by atomic mass is 32.1. The van der Waals surface area contributed by atoms with Gasteiger partial charge < -0.3 is 10.1 Å². The maximum atomic E-state index is 5.68. The second-order valence-corrected chi connectivity index (χ2v) is 6.22. The average Bonchev–Trinajstić information content (AvgIpc) is 2.67. The second-order valence-electron chi connectivity index (χ2n) is 5.28. The van der Waals surface area contributed by atoms with Crippen LogP contribution < -0.4 is 5.32 Å². The summed E-state index contributed by atoms with van der Waals surface area (Å²) in [4.78, 5) is 4.69. The molecule has 0 amide bonds. The third-order valence-corrected chi connectivity index (χ3v) is 3.60. The number of hydrogen-bond acceptors (Lipinski definition) is 4. The summed E-state index contributed by atoms with van der Waals surface area (Å²) in [6.45, 7) is 9.34. The van der Waals surface area contributed by atoms with Gasteiger partial charge in [-0.05, 0) is 0 Å². The maximum Gasteiger partial charge on any atom is 0.0954 e. The third kappa shape index (κ3) is 3.03. The summed E-state index contributed by atoms with van der Waals surface area (Å²) in [6.07, 6.45) is 1.24. The summed E-state index contributed by atoms with van der Waals surface area (Å²) >= 11 is 1.75. The Hall–Kier alpha value is -0.450. The lowest BCUT2D eigenvalue weighted by Gasteiger charge is -2.22. The fourth-order valence-electron chi connectivity index (χ4n) is 1.69. The summed E-state index contributed by atoms with van der Waals surface area (Å²) in [5.41, 5.74) is 1.34. The van der Waals surface area contributed by atoms with E-state index in [1.807, 2.05) is 0 Å². The van der Waals surface area contributed by atoms with Gasteiger partial charge in [0.05, 0.1) is 23.4 Å². The predicted molar refractivity (Wildman–Crippen MR) is 67.1 cm³/mol. The highest BCUT2D eigenvalue weighted by Crippen LogP contribution is 2.24. The van der Waals surface area contributed by atoms with Crippen molar-refractivity contribution in [1.82, 2.24) is 10.3 Å². The van der Waals surface area contributed by atoms with E-state index in [1.54, 1.807) is 11.3 Å². The fourth-order valence-corrected chi connectivity index (χ4v) is 2.78. The molecule has 0 bridgehead atoms. The zero-order valence-corrected chi connectivity index (χ0v) is 11.1. The number of nitrogens with zero attached hydrogens (tertiary/aromatic N) is 1. The Kier molecular flexibility index (Phi) is 3.62. The molecule has 2 heterocycles.